The van der Waals surface area contributed by atoms with Crippen molar-refractivity contribution in [1.29, 1.82) is 0 Å². The Bertz CT molecular complexity index is 485. The summed E-state index contributed by atoms with van der Waals surface area (Å²) in [5.74, 6) is -0.0590. The Labute approximate surface area is 125 Å². The first-order valence-corrected chi connectivity index (χ1v) is 7.16. The molecule has 1 rings (SSSR count). The van der Waals surface area contributed by atoms with Gasteiger partial charge in [0.1, 0.15) is 5.75 Å². The third-order valence-corrected chi connectivity index (χ3v) is 3.22. The third-order valence-electron chi connectivity index (χ3n) is 3.22. The number of carboxylic acid groups (broad SMARTS) is 1. The molecule has 1 N–H and O–H groups in total. The lowest BCUT2D eigenvalue weighted by Gasteiger charge is -2.20. The van der Waals surface area contributed by atoms with Crippen molar-refractivity contribution in [3.63, 3.8) is 0 Å². The molecule has 0 aromatic heterocycles. The van der Waals surface area contributed by atoms with Crippen molar-refractivity contribution in [1.82, 2.24) is 4.90 Å². The fourth-order valence-corrected chi connectivity index (χ4v) is 1.89. The molecule has 0 radical (unpaired) electrons. The topological polar surface area (TPSA) is 66.8 Å². The summed E-state index contributed by atoms with van der Waals surface area (Å²) in [6.07, 6.45) is -0.0532. The number of ether oxygens (including phenoxy) is 1. The van der Waals surface area contributed by atoms with Crippen LogP contribution in [-0.4, -0.2) is 41.6 Å². The van der Waals surface area contributed by atoms with E-state index in [1.165, 1.54) is 4.90 Å². The molecule has 0 aliphatic carbocycles. The minimum Gasteiger partial charge on any atom is -0.484 e. The molecule has 116 valence electrons. The van der Waals surface area contributed by atoms with E-state index < -0.39 is 5.97 Å². The average Bonchev–Trinajstić information content (AvgIpc) is 2.45. The minimum absolute atomic E-state index is 0.0532. The number of carbonyl (C=O) groups excluding carboxylic acids is 1. The van der Waals surface area contributed by atoms with Crippen LogP contribution in [0, 0.1) is 0 Å². The van der Waals surface area contributed by atoms with Crippen LogP contribution < -0.4 is 4.74 Å². The maximum Gasteiger partial charge on any atom is 0.305 e. The van der Waals surface area contributed by atoms with Crippen molar-refractivity contribution in [2.75, 3.05) is 19.7 Å². The number of nitrogens with zero attached hydrogens (tertiary/aromatic N) is 1. The van der Waals surface area contributed by atoms with Crippen molar-refractivity contribution < 1.29 is 19.4 Å². The second kappa shape index (κ2) is 8.29. The highest BCUT2D eigenvalue weighted by molar-refractivity contribution is 5.78. The van der Waals surface area contributed by atoms with Gasteiger partial charge in [0.15, 0.2) is 6.61 Å². The van der Waals surface area contributed by atoms with Gasteiger partial charge in [-0.05, 0) is 30.5 Å². The number of likely N-dealkylation sites (N-methyl/N-ethyl adjacent to an activating group) is 1. The van der Waals surface area contributed by atoms with Crippen LogP contribution in [0.1, 0.15) is 38.7 Å². The molecule has 1 aromatic carbocycles. The Balaban J connectivity index is 2.54. The summed E-state index contributed by atoms with van der Waals surface area (Å²) in [5.41, 5.74) is 1.15. The molecule has 1 aromatic rings. The molecule has 0 bridgehead atoms. The average molecular weight is 293 g/mol. The fraction of sp³-hybridized carbons (Fsp3) is 0.500. The fourth-order valence-electron chi connectivity index (χ4n) is 1.89. The predicted octanol–water partition coefficient (Wildman–Crippen LogP) is 2.51. The van der Waals surface area contributed by atoms with Gasteiger partial charge >= 0.3 is 5.97 Å². The molecule has 0 spiro atoms. The van der Waals surface area contributed by atoms with Gasteiger partial charge in [0.05, 0.1) is 6.42 Å². The zero-order chi connectivity index (χ0) is 15.8. The maximum atomic E-state index is 12.0. The maximum absolute atomic E-state index is 12.0. The molecular formula is C16H23NO4. The van der Waals surface area contributed by atoms with Gasteiger partial charge in [-0.3, -0.25) is 9.59 Å². The number of aliphatic carboxylic acids is 1. The van der Waals surface area contributed by atoms with Crippen LogP contribution in [-0.2, 0) is 9.59 Å². The van der Waals surface area contributed by atoms with Gasteiger partial charge in [0.25, 0.3) is 5.91 Å². The first-order chi connectivity index (χ1) is 9.93. The lowest BCUT2D eigenvalue weighted by Crippen LogP contribution is -2.36. The largest absolute Gasteiger partial charge is 0.484 e. The standard InChI is InChI=1S/C16H23NO4/c1-4-17(9-8-16(19)20)15(18)11-21-14-7-5-6-13(10-14)12(2)3/h5-7,10,12H,4,8-9,11H2,1-3H3,(H,19,20). The Morgan fingerprint density at radius 2 is 2.05 bits per heavy atom. The normalized spacial score (nSPS) is 10.5. The number of hydrogen-bond donors (Lipinski definition) is 1. The van der Waals surface area contributed by atoms with Gasteiger partial charge in [-0.1, -0.05) is 26.0 Å². The SMILES string of the molecule is CCN(CCC(=O)O)C(=O)COc1cccc(C(C)C)c1. The van der Waals surface area contributed by atoms with Crippen LogP contribution in [0.4, 0.5) is 0 Å². The first-order valence-electron chi connectivity index (χ1n) is 7.16. The van der Waals surface area contributed by atoms with Gasteiger partial charge in [-0.2, -0.15) is 0 Å². The van der Waals surface area contributed by atoms with Crippen LogP contribution in [0.25, 0.3) is 0 Å². The highest BCUT2D eigenvalue weighted by Gasteiger charge is 2.13. The molecule has 1 amide bonds. The third kappa shape index (κ3) is 5.85. The zero-order valence-electron chi connectivity index (χ0n) is 12.8. The number of amides is 1. The number of hydrogen-bond acceptors (Lipinski definition) is 3. The smallest absolute Gasteiger partial charge is 0.305 e. The summed E-state index contributed by atoms with van der Waals surface area (Å²) in [6, 6.07) is 7.65. The molecule has 0 unspecified atom stereocenters. The minimum atomic E-state index is -0.910. The van der Waals surface area contributed by atoms with Gasteiger partial charge in [-0.15, -0.1) is 0 Å². The Morgan fingerprint density at radius 1 is 1.33 bits per heavy atom. The molecule has 0 atom stereocenters. The van der Waals surface area contributed by atoms with E-state index in [1.807, 2.05) is 31.2 Å². The van der Waals surface area contributed by atoms with Crippen LogP contribution in [0.3, 0.4) is 0 Å². The van der Waals surface area contributed by atoms with E-state index in [4.69, 9.17) is 9.84 Å². The van der Waals surface area contributed by atoms with Crippen molar-refractivity contribution in [2.24, 2.45) is 0 Å². The van der Waals surface area contributed by atoms with Gasteiger partial charge in [0, 0.05) is 13.1 Å². The molecule has 21 heavy (non-hydrogen) atoms. The van der Waals surface area contributed by atoms with Gasteiger partial charge in [-0.25, -0.2) is 0 Å². The zero-order valence-corrected chi connectivity index (χ0v) is 12.8. The van der Waals surface area contributed by atoms with E-state index in [-0.39, 0.29) is 25.5 Å². The monoisotopic (exact) mass is 293 g/mol. The second-order valence-corrected chi connectivity index (χ2v) is 5.13. The van der Waals surface area contributed by atoms with Crippen molar-refractivity contribution in [3.05, 3.63) is 29.8 Å². The van der Waals surface area contributed by atoms with Gasteiger partial charge in [0.2, 0.25) is 0 Å². The summed E-state index contributed by atoms with van der Waals surface area (Å²) in [6.45, 7) is 6.61. The van der Waals surface area contributed by atoms with Crippen LogP contribution in [0.15, 0.2) is 24.3 Å². The summed E-state index contributed by atoms with van der Waals surface area (Å²) in [7, 11) is 0. The number of benzene rings is 1. The van der Waals surface area contributed by atoms with E-state index in [1.54, 1.807) is 0 Å². The van der Waals surface area contributed by atoms with Crippen LogP contribution >= 0.6 is 0 Å². The molecule has 0 aliphatic heterocycles. The first kappa shape index (κ1) is 17.0. The van der Waals surface area contributed by atoms with Crippen molar-refractivity contribution >= 4 is 11.9 Å². The molecule has 0 fully saturated rings. The number of carbonyl (C=O) groups is 2. The second-order valence-electron chi connectivity index (χ2n) is 5.13. The van der Waals surface area contributed by atoms with Crippen molar-refractivity contribution in [3.8, 4) is 5.75 Å². The highest BCUT2D eigenvalue weighted by atomic mass is 16.5. The highest BCUT2D eigenvalue weighted by Crippen LogP contribution is 2.20. The summed E-state index contributed by atoms with van der Waals surface area (Å²) in [4.78, 5) is 24.0. The van der Waals surface area contributed by atoms with E-state index in [0.29, 0.717) is 18.2 Å². The number of carboxylic acids is 1. The molecular weight excluding hydrogens is 270 g/mol. The van der Waals surface area contributed by atoms with E-state index >= 15 is 0 Å². The molecule has 0 heterocycles. The number of rotatable bonds is 8. The molecule has 5 heteroatoms. The Kier molecular flexibility index (Phi) is 6.72. The van der Waals surface area contributed by atoms with Crippen LogP contribution in [0.5, 0.6) is 5.75 Å². The van der Waals surface area contributed by atoms with E-state index in [2.05, 4.69) is 13.8 Å². The summed E-state index contributed by atoms with van der Waals surface area (Å²) >= 11 is 0. The Hall–Kier alpha value is -2.04. The van der Waals surface area contributed by atoms with Gasteiger partial charge < -0.3 is 14.7 Å². The predicted molar refractivity (Wildman–Crippen MR) is 80.5 cm³/mol. The quantitative estimate of drug-likeness (QED) is 0.799. The van der Waals surface area contributed by atoms with Crippen LogP contribution in [0.2, 0.25) is 0 Å². The Morgan fingerprint density at radius 3 is 2.62 bits per heavy atom. The molecule has 0 aliphatic rings. The molecule has 5 nitrogen and oxygen atoms in total. The molecule has 0 saturated carbocycles. The van der Waals surface area contributed by atoms with E-state index in [0.717, 1.165) is 5.56 Å². The lowest BCUT2D eigenvalue weighted by molar-refractivity contribution is -0.139. The summed E-state index contributed by atoms with van der Waals surface area (Å²) in [5, 5.41) is 8.66. The summed E-state index contributed by atoms with van der Waals surface area (Å²) < 4.78 is 5.51. The van der Waals surface area contributed by atoms with Crippen molar-refractivity contribution in [2.45, 2.75) is 33.1 Å². The van der Waals surface area contributed by atoms with E-state index in [9.17, 15) is 9.59 Å². The molecule has 0 saturated heterocycles. The lowest BCUT2D eigenvalue weighted by atomic mass is 10.0.